The molecule has 3 rings (SSSR count). The van der Waals surface area contributed by atoms with Gasteiger partial charge in [-0.15, -0.1) is 0 Å². The Hall–Kier alpha value is -2.82. The minimum atomic E-state index is -0.416. The second kappa shape index (κ2) is 8.71. The Kier molecular flexibility index (Phi) is 6.12. The van der Waals surface area contributed by atoms with E-state index in [1.54, 1.807) is 16.9 Å². The van der Waals surface area contributed by atoms with Gasteiger partial charge in [-0.1, -0.05) is 42.5 Å². The highest BCUT2D eigenvalue weighted by atomic mass is 16.5. The highest BCUT2D eigenvalue weighted by Gasteiger charge is 2.35. The summed E-state index contributed by atoms with van der Waals surface area (Å²) in [6.07, 6.45) is 1.76. The number of aryl methyl sites for hydroxylation is 1. The quantitative estimate of drug-likeness (QED) is 0.757. The third kappa shape index (κ3) is 4.67. The first-order valence-corrected chi connectivity index (χ1v) is 9.33. The van der Waals surface area contributed by atoms with Crippen molar-refractivity contribution < 1.29 is 14.3 Å². The molecule has 0 radical (unpaired) electrons. The number of hydrogen-bond acceptors (Lipinski definition) is 3. The molecule has 1 heterocycles. The third-order valence-corrected chi connectivity index (χ3v) is 5.02. The summed E-state index contributed by atoms with van der Waals surface area (Å²) in [4.78, 5) is 28.7. The maximum Gasteiger partial charge on any atom is 0.245 e. The Balaban J connectivity index is 1.56. The topological polar surface area (TPSA) is 49.9 Å². The highest BCUT2D eigenvalue weighted by Crippen LogP contribution is 2.18. The molecule has 1 atom stereocenters. The number of hydrogen-bond donors (Lipinski definition) is 0. The van der Waals surface area contributed by atoms with Crippen molar-refractivity contribution in [3.63, 3.8) is 0 Å². The molecule has 27 heavy (non-hydrogen) atoms. The number of benzene rings is 2. The molecule has 2 aromatic rings. The van der Waals surface area contributed by atoms with Crippen LogP contribution in [0.5, 0.6) is 5.75 Å². The molecule has 1 saturated heterocycles. The molecular formula is C22H26N2O3. The lowest BCUT2D eigenvalue weighted by atomic mass is 10.1. The molecule has 0 N–H and O–H groups in total. The highest BCUT2D eigenvalue weighted by molar-refractivity contribution is 5.94. The van der Waals surface area contributed by atoms with Gasteiger partial charge in [-0.2, -0.15) is 0 Å². The molecular weight excluding hydrogens is 340 g/mol. The Morgan fingerprint density at radius 1 is 1.00 bits per heavy atom. The fourth-order valence-corrected chi connectivity index (χ4v) is 3.45. The monoisotopic (exact) mass is 366 g/mol. The van der Waals surface area contributed by atoms with Crippen LogP contribution in [0.1, 0.15) is 24.5 Å². The predicted molar refractivity (Wildman–Crippen MR) is 104 cm³/mol. The Morgan fingerprint density at radius 3 is 2.37 bits per heavy atom. The van der Waals surface area contributed by atoms with Crippen LogP contribution in [0.2, 0.25) is 0 Å². The first-order chi connectivity index (χ1) is 13.1. The van der Waals surface area contributed by atoms with Crippen molar-refractivity contribution in [3.05, 3.63) is 65.7 Å². The minimum absolute atomic E-state index is 0.00475. The van der Waals surface area contributed by atoms with Crippen molar-refractivity contribution in [2.75, 3.05) is 20.2 Å². The van der Waals surface area contributed by atoms with Crippen molar-refractivity contribution >= 4 is 11.8 Å². The lowest BCUT2D eigenvalue weighted by Gasteiger charge is -2.39. The van der Waals surface area contributed by atoms with Gasteiger partial charge < -0.3 is 14.5 Å². The van der Waals surface area contributed by atoms with Gasteiger partial charge in [0.15, 0.2) is 0 Å². The first kappa shape index (κ1) is 19.0. The van der Waals surface area contributed by atoms with Gasteiger partial charge in [0, 0.05) is 13.1 Å². The molecule has 1 aliphatic rings. The van der Waals surface area contributed by atoms with Crippen LogP contribution in [0.3, 0.4) is 0 Å². The Morgan fingerprint density at radius 2 is 1.70 bits per heavy atom. The van der Waals surface area contributed by atoms with Crippen LogP contribution in [-0.2, 0) is 22.6 Å². The van der Waals surface area contributed by atoms with E-state index >= 15 is 0 Å². The molecule has 2 aromatic carbocycles. The fraction of sp³-hybridized carbons (Fsp3) is 0.364. The average molecular weight is 366 g/mol. The number of nitrogens with zero attached hydrogens (tertiary/aromatic N) is 2. The van der Waals surface area contributed by atoms with Crippen molar-refractivity contribution in [1.82, 2.24) is 9.80 Å². The number of ether oxygens (including phenoxy) is 1. The van der Waals surface area contributed by atoms with E-state index in [1.165, 1.54) is 5.56 Å². The van der Waals surface area contributed by atoms with Gasteiger partial charge in [0.25, 0.3) is 0 Å². The van der Waals surface area contributed by atoms with Crippen molar-refractivity contribution in [3.8, 4) is 5.75 Å². The number of amides is 2. The van der Waals surface area contributed by atoms with Crippen LogP contribution in [0.25, 0.3) is 0 Å². The Labute approximate surface area is 160 Å². The maximum atomic E-state index is 12.7. The van der Waals surface area contributed by atoms with Gasteiger partial charge >= 0.3 is 0 Å². The van der Waals surface area contributed by atoms with Crippen LogP contribution in [-0.4, -0.2) is 47.9 Å². The molecule has 1 aliphatic heterocycles. The third-order valence-electron chi connectivity index (χ3n) is 5.02. The Bertz CT molecular complexity index is 774. The largest absolute Gasteiger partial charge is 0.497 e. The molecule has 0 bridgehead atoms. The normalized spacial score (nSPS) is 17.3. The number of carbonyl (C=O) groups is 2. The first-order valence-electron chi connectivity index (χ1n) is 9.33. The van der Waals surface area contributed by atoms with Crippen LogP contribution in [0.15, 0.2) is 54.6 Å². The molecule has 0 aliphatic carbocycles. The summed E-state index contributed by atoms with van der Waals surface area (Å²) in [5.41, 5.74) is 2.24. The van der Waals surface area contributed by atoms with Crippen LogP contribution in [0.4, 0.5) is 0 Å². The van der Waals surface area contributed by atoms with Crippen molar-refractivity contribution in [1.29, 1.82) is 0 Å². The van der Waals surface area contributed by atoms with E-state index in [4.69, 9.17) is 4.74 Å². The SMILES string of the molecule is COc1ccc(CN2CC(=O)N(CCCc3ccccc3)[C@@H](C)C2=O)cc1. The predicted octanol–water partition coefficient (Wildman–Crippen LogP) is 2.89. The standard InChI is InChI=1S/C22H26N2O3/c1-17-22(26)23(15-19-10-12-20(27-2)13-11-19)16-21(25)24(17)14-6-9-18-7-4-3-5-8-18/h3-5,7-8,10-13,17H,6,9,14-16H2,1-2H3/t17-/m0/s1. The number of methoxy groups -OCH3 is 1. The zero-order valence-electron chi connectivity index (χ0n) is 15.9. The summed E-state index contributed by atoms with van der Waals surface area (Å²) in [5, 5.41) is 0. The van der Waals surface area contributed by atoms with E-state index in [-0.39, 0.29) is 18.4 Å². The van der Waals surface area contributed by atoms with Gasteiger partial charge in [-0.05, 0) is 43.0 Å². The number of carbonyl (C=O) groups excluding carboxylic acids is 2. The molecule has 0 aromatic heterocycles. The lowest BCUT2D eigenvalue weighted by Crippen LogP contribution is -2.58. The zero-order valence-corrected chi connectivity index (χ0v) is 15.9. The zero-order chi connectivity index (χ0) is 19.2. The van der Waals surface area contributed by atoms with Crippen LogP contribution >= 0.6 is 0 Å². The summed E-state index contributed by atoms with van der Waals surface area (Å²) >= 11 is 0. The van der Waals surface area contributed by atoms with E-state index in [0.717, 1.165) is 24.2 Å². The lowest BCUT2D eigenvalue weighted by molar-refractivity contribution is -0.155. The molecule has 5 heteroatoms. The fourth-order valence-electron chi connectivity index (χ4n) is 3.45. The smallest absolute Gasteiger partial charge is 0.245 e. The molecule has 5 nitrogen and oxygen atoms in total. The van der Waals surface area contributed by atoms with Crippen LogP contribution in [0, 0.1) is 0 Å². The van der Waals surface area contributed by atoms with Crippen molar-refractivity contribution in [2.45, 2.75) is 32.4 Å². The second-order valence-corrected chi connectivity index (χ2v) is 6.89. The van der Waals surface area contributed by atoms with E-state index < -0.39 is 6.04 Å². The number of rotatable bonds is 7. The van der Waals surface area contributed by atoms with E-state index in [0.29, 0.717) is 13.1 Å². The maximum absolute atomic E-state index is 12.7. The summed E-state index contributed by atoms with van der Waals surface area (Å²) < 4.78 is 5.16. The minimum Gasteiger partial charge on any atom is -0.497 e. The summed E-state index contributed by atoms with van der Waals surface area (Å²) in [6.45, 7) is 3.01. The molecule has 1 fully saturated rings. The van der Waals surface area contributed by atoms with Gasteiger partial charge in [0.2, 0.25) is 11.8 Å². The van der Waals surface area contributed by atoms with Gasteiger partial charge in [-0.25, -0.2) is 0 Å². The summed E-state index contributed by atoms with van der Waals surface area (Å²) in [6, 6.07) is 17.4. The van der Waals surface area contributed by atoms with Gasteiger partial charge in [-0.3, -0.25) is 9.59 Å². The summed E-state index contributed by atoms with van der Waals surface area (Å²) in [5.74, 6) is 0.798. The second-order valence-electron chi connectivity index (χ2n) is 6.89. The average Bonchev–Trinajstić information content (AvgIpc) is 2.70. The molecule has 0 saturated carbocycles. The van der Waals surface area contributed by atoms with Crippen LogP contribution < -0.4 is 4.74 Å². The summed E-state index contributed by atoms with van der Waals surface area (Å²) in [7, 11) is 1.62. The molecule has 0 unspecified atom stereocenters. The van der Waals surface area contributed by atoms with Gasteiger partial charge in [0.05, 0.1) is 7.11 Å². The van der Waals surface area contributed by atoms with E-state index in [2.05, 4.69) is 12.1 Å². The van der Waals surface area contributed by atoms with E-state index in [1.807, 2.05) is 49.4 Å². The molecule has 0 spiro atoms. The van der Waals surface area contributed by atoms with E-state index in [9.17, 15) is 9.59 Å². The number of piperazine rings is 1. The molecule has 2 amide bonds. The van der Waals surface area contributed by atoms with Gasteiger partial charge in [0.1, 0.15) is 18.3 Å². The van der Waals surface area contributed by atoms with Crippen molar-refractivity contribution in [2.24, 2.45) is 0 Å². The molecule has 142 valence electrons.